The fraction of sp³-hybridized carbons (Fsp3) is 0.111. The van der Waals surface area contributed by atoms with Crippen LogP contribution in [0.4, 0.5) is 5.69 Å². The molecule has 0 aliphatic heterocycles. The summed E-state index contributed by atoms with van der Waals surface area (Å²) in [6, 6.07) is 6.69. The highest BCUT2D eigenvalue weighted by Crippen LogP contribution is 2.13. The number of hydrogen-bond donors (Lipinski definition) is 0. The van der Waals surface area contributed by atoms with Crippen LogP contribution in [0.25, 0.3) is 4.85 Å². The molecule has 2 nitrogen and oxygen atoms in total. The zero-order valence-corrected chi connectivity index (χ0v) is 6.16. The van der Waals surface area contributed by atoms with Crippen molar-refractivity contribution in [1.29, 1.82) is 0 Å². The average Bonchev–Trinajstić information content (AvgIpc) is 2.05. The summed E-state index contributed by atoms with van der Waals surface area (Å²) in [5.41, 5.74) is 1.11. The van der Waals surface area contributed by atoms with Crippen molar-refractivity contribution in [2.75, 3.05) is 0 Å². The normalized spacial score (nSPS) is 8.73. The summed E-state index contributed by atoms with van der Waals surface area (Å²) in [6.45, 7) is 8.18. The van der Waals surface area contributed by atoms with E-state index in [4.69, 9.17) is 6.57 Å². The molecule has 0 unspecified atom stereocenters. The second-order valence-corrected chi connectivity index (χ2v) is 2.22. The third kappa shape index (κ3) is 1.65. The van der Waals surface area contributed by atoms with Crippen molar-refractivity contribution in [2.45, 2.75) is 6.92 Å². The molecular formula is C9H7NO. The fourth-order valence-corrected chi connectivity index (χ4v) is 0.794. The van der Waals surface area contributed by atoms with Gasteiger partial charge in [-0.1, -0.05) is 18.2 Å². The van der Waals surface area contributed by atoms with Crippen molar-refractivity contribution >= 4 is 11.5 Å². The van der Waals surface area contributed by atoms with Gasteiger partial charge in [0, 0.05) is 5.56 Å². The molecule has 2 heteroatoms. The largest absolute Gasteiger partial charge is 0.295 e. The molecule has 0 radical (unpaired) electrons. The van der Waals surface area contributed by atoms with Gasteiger partial charge < -0.3 is 0 Å². The van der Waals surface area contributed by atoms with Crippen LogP contribution in [-0.4, -0.2) is 5.78 Å². The Hall–Kier alpha value is -1.62. The standard InChI is InChI=1S/C9H7NO/c1-7(11)8-4-3-5-9(6-8)10-2/h3-6H,1H3. The highest BCUT2D eigenvalue weighted by atomic mass is 16.1. The zero-order chi connectivity index (χ0) is 8.27. The summed E-state index contributed by atoms with van der Waals surface area (Å²) < 4.78 is 0. The first-order valence-corrected chi connectivity index (χ1v) is 3.22. The lowest BCUT2D eigenvalue weighted by atomic mass is 10.1. The van der Waals surface area contributed by atoms with E-state index in [1.165, 1.54) is 6.92 Å². The molecule has 1 rings (SSSR count). The second kappa shape index (κ2) is 2.98. The van der Waals surface area contributed by atoms with Gasteiger partial charge in [0.05, 0.1) is 6.57 Å². The Bertz CT molecular complexity index is 323. The zero-order valence-electron chi connectivity index (χ0n) is 6.16. The van der Waals surface area contributed by atoms with Gasteiger partial charge in [0.25, 0.3) is 0 Å². The molecule has 0 heterocycles. The predicted octanol–water partition coefficient (Wildman–Crippen LogP) is 2.44. The highest BCUT2D eigenvalue weighted by molar-refractivity contribution is 5.94. The number of benzene rings is 1. The SMILES string of the molecule is [C-]#[N+]c1cccc(C(C)=O)c1. The summed E-state index contributed by atoms with van der Waals surface area (Å²) in [5.74, 6) is -0.00417. The van der Waals surface area contributed by atoms with Crippen molar-refractivity contribution in [3.8, 4) is 0 Å². The van der Waals surface area contributed by atoms with Crippen LogP contribution < -0.4 is 0 Å². The minimum absolute atomic E-state index is 0.00417. The molecule has 0 spiro atoms. The Kier molecular flexibility index (Phi) is 2.03. The maximum atomic E-state index is 10.8. The van der Waals surface area contributed by atoms with Crippen molar-refractivity contribution in [2.24, 2.45) is 0 Å². The summed E-state index contributed by atoms with van der Waals surface area (Å²) in [4.78, 5) is 14.0. The molecule has 0 N–H and O–H groups in total. The van der Waals surface area contributed by atoms with Crippen LogP contribution in [0, 0.1) is 6.57 Å². The minimum atomic E-state index is -0.00417. The van der Waals surface area contributed by atoms with Gasteiger partial charge in [-0.25, -0.2) is 4.85 Å². The van der Waals surface area contributed by atoms with Gasteiger partial charge in [0.2, 0.25) is 0 Å². The second-order valence-electron chi connectivity index (χ2n) is 2.22. The molecule has 0 aromatic heterocycles. The van der Waals surface area contributed by atoms with Crippen LogP contribution in [0.3, 0.4) is 0 Å². The molecule has 0 saturated carbocycles. The number of rotatable bonds is 1. The van der Waals surface area contributed by atoms with Crippen molar-refractivity contribution in [3.05, 3.63) is 41.2 Å². The smallest absolute Gasteiger partial charge is 0.187 e. The first kappa shape index (κ1) is 7.49. The molecule has 1 aromatic rings. The van der Waals surface area contributed by atoms with E-state index in [0.29, 0.717) is 11.3 Å². The predicted molar refractivity (Wildman–Crippen MR) is 42.7 cm³/mol. The van der Waals surface area contributed by atoms with Gasteiger partial charge in [-0.15, -0.1) is 0 Å². The van der Waals surface area contributed by atoms with Crippen LogP contribution in [-0.2, 0) is 0 Å². The molecule has 54 valence electrons. The van der Waals surface area contributed by atoms with Crippen molar-refractivity contribution in [1.82, 2.24) is 0 Å². The molecule has 0 aliphatic rings. The van der Waals surface area contributed by atoms with E-state index in [-0.39, 0.29) is 5.78 Å². The molecular weight excluding hydrogens is 138 g/mol. The number of nitrogens with zero attached hydrogens (tertiary/aromatic N) is 1. The highest BCUT2D eigenvalue weighted by Gasteiger charge is 1.98. The number of hydrogen-bond acceptors (Lipinski definition) is 1. The Labute approximate surface area is 65.3 Å². The fourth-order valence-electron chi connectivity index (χ4n) is 0.794. The summed E-state index contributed by atoms with van der Waals surface area (Å²) in [7, 11) is 0. The molecule has 0 saturated heterocycles. The van der Waals surface area contributed by atoms with Gasteiger partial charge in [0.1, 0.15) is 0 Å². The maximum absolute atomic E-state index is 10.8. The molecule has 11 heavy (non-hydrogen) atoms. The molecule has 0 bridgehead atoms. The lowest BCUT2D eigenvalue weighted by Gasteiger charge is -1.93. The van der Waals surface area contributed by atoms with Crippen molar-refractivity contribution < 1.29 is 4.79 Å². The number of Topliss-reactive ketones (excluding diaryl/α,β-unsaturated/α-hetero) is 1. The molecule has 0 atom stereocenters. The average molecular weight is 145 g/mol. The monoisotopic (exact) mass is 145 g/mol. The molecule has 0 amide bonds. The van der Waals surface area contributed by atoms with Crippen LogP contribution in [0.1, 0.15) is 17.3 Å². The topological polar surface area (TPSA) is 21.4 Å². The van der Waals surface area contributed by atoms with Crippen molar-refractivity contribution in [3.63, 3.8) is 0 Å². The van der Waals surface area contributed by atoms with E-state index in [0.717, 1.165) is 0 Å². The first-order valence-electron chi connectivity index (χ1n) is 3.22. The van der Waals surface area contributed by atoms with E-state index in [9.17, 15) is 4.79 Å². The van der Waals surface area contributed by atoms with Gasteiger partial charge in [-0.2, -0.15) is 0 Å². The van der Waals surface area contributed by atoms with Crippen LogP contribution in [0.5, 0.6) is 0 Å². The molecule has 0 aliphatic carbocycles. The lowest BCUT2D eigenvalue weighted by Crippen LogP contribution is -1.89. The first-order chi connectivity index (χ1) is 5.24. The van der Waals surface area contributed by atoms with E-state index in [2.05, 4.69) is 4.85 Å². The summed E-state index contributed by atoms with van der Waals surface area (Å²) >= 11 is 0. The summed E-state index contributed by atoms with van der Waals surface area (Å²) in [6.07, 6.45) is 0. The Morgan fingerprint density at radius 2 is 2.27 bits per heavy atom. The third-order valence-corrected chi connectivity index (χ3v) is 1.38. The van der Waals surface area contributed by atoms with Gasteiger partial charge in [-0.05, 0) is 13.0 Å². The van der Waals surface area contributed by atoms with Gasteiger partial charge >= 0.3 is 0 Å². The van der Waals surface area contributed by atoms with Gasteiger partial charge in [-0.3, -0.25) is 4.79 Å². The third-order valence-electron chi connectivity index (χ3n) is 1.38. The Morgan fingerprint density at radius 3 is 2.82 bits per heavy atom. The molecule has 0 fully saturated rings. The van der Waals surface area contributed by atoms with Crippen LogP contribution >= 0.6 is 0 Å². The Balaban J connectivity index is 3.13. The van der Waals surface area contributed by atoms with Gasteiger partial charge in [0.15, 0.2) is 11.5 Å². The number of carbonyl (C=O) groups is 1. The lowest BCUT2D eigenvalue weighted by molar-refractivity contribution is 0.101. The van der Waals surface area contributed by atoms with E-state index >= 15 is 0 Å². The summed E-state index contributed by atoms with van der Waals surface area (Å²) in [5, 5.41) is 0. The van der Waals surface area contributed by atoms with Crippen LogP contribution in [0.2, 0.25) is 0 Å². The number of ketones is 1. The number of carbonyl (C=O) groups excluding carboxylic acids is 1. The maximum Gasteiger partial charge on any atom is 0.187 e. The van der Waals surface area contributed by atoms with Crippen LogP contribution in [0.15, 0.2) is 24.3 Å². The minimum Gasteiger partial charge on any atom is -0.295 e. The Morgan fingerprint density at radius 1 is 1.55 bits per heavy atom. The van der Waals surface area contributed by atoms with E-state index in [1.54, 1.807) is 24.3 Å². The molecule has 1 aromatic carbocycles. The quantitative estimate of drug-likeness (QED) is 0.439. The van der Waals surface area contributed by atoms with E-state index < -0.39 is 0 Å². The van der Waals surface area contributed by atoms with E-state index in [1.807, 2.05) is 0 Å².